The molecule has 2 rings (SSSR count). The van der Waals surface area contributed by atoms with Gasteiger partial charge in [0.1, 0.15) is 17.2 Å². The fourth-order valence-corrected chi connectivity index (χ4v) is 3.41. The lowest BCUT2D eigenvalue weighted by Gasteiger charge is -2.10. The van der Waals surface area contributed by atoms with E-state index in [0.29, 0.717) is 22.8 Å². The Hall–Kier alpha value is -1.24. The van der Waals surface area contributed by atoms with Crippen molar-refractivity contribution in [2.45, 2.75) is 11.8 Å². The first-order valence-corrected chi connectivity index (χ1v) is 8.98. The van der Waals surface area contributed by atoms with E-state index in [0.717, 1.165) is 4.47 Å². The van der Waals surface area contributed by atoms with Gasteiger partial charge in [0.05, 0.1) is 16.5 Å². The summed E-state index contributed by atoms with van der Waals surface area (Å²) in [6.07, 6.45) is 0. The summed E-state index contributed by atoms with van der Waals surface area (Å²) in [6.45, 7) is 1.66. The Kier molecular flexibility index (Phi) is 4.81. The van der Waals surface area contributed by atoms with E-state index in [1.54, 1.807) is 44.4 Å². The molecular weight excluding hydrogens is 380 g/mol. The van der Waals surface area contributed by atoms with Crippen molar-refractivity contribution in [2.75, 3.05) is 7.11 Å². The van der Waals surface area contributed by atoms with Crippen LogP contribution in [0.4, 0.5) is 0 Å². The number of halogens is 2. The number of ether oxygens (including phenoxy) is 2. The second kappa shape index (κ2) is 6.25. The molecule has 0 saturated carbocycles. The molecule has 0 aromatic heterocycles. The normalized spacial score (nSPS) is 11.2. The fourth-order valence-electron chi connectivity index (χ4n) is 1.78. The summed E-state index contributed by atoms with van der Waals surface area (Å²) in [5, 5.41) is 0. The molecule has 21 heavy (non-hydrogen) atoms. The molecule has 112 valence electrons. The number of benzene rings is 2. The Labute approximate surface area is 136 Å². The van der Waals surface area contributed by atoms with Crippen LogP contribution in [0.2, 0.25) is 0 Å². The summed E-state index contributed by atoms with van der Waals surface area (Å²) in [5.41, 5.74) is 0.520. The molecule has 2 aromatic rings. The van der Waals surface area contributed by atoms with Crippen molar-refractivity contribution in [3.63, 3.8) is 0 Å². The van der Waals surface area contributed by atoms with Gasteiger partial charge < -0.3 is 9.47 Å². The van der Waals surface area contributed by atoms with Crippen LogP contribution >= 0.6 is 26.6 Å². The molecule has 0 bridgehead atoms. The van der Waals surface area contributed by atoms with Gasteiger partial charge in [-0.2, -0.15) is 0 Å². The van der Waals surface area contributed by atoms with Crippen LogP contribution in [0.3, 0.4) is 0 Å². The Morgan fingerprint density at radius 2 is 1.76 bits per heavy atom. The molecule has 0 heterocycles. The minimum Gasteiger partial charge on any atom is -0.497 e. The van der Waals surface area contributed by atoms with Crippen LogP contribution in [0.5, 0.6) is 17.2 Å². The second-order valence-corrected chi connectivity index (χ2v) is 7.65. The quantitative estimate of drug-likeness (QED) is 0.721. The molecule has 0 radical (unpaired) electrons. The second-order valence-electron chi connectivity index (χ2n) is 4.26. The molecule has 7 heteroatoms. The zero-order valence-corrected chi connectivity index (χ0v) is 14.4. The summed E-state index contributed by atoms with van der Waals surface area (Å²) in [5.74, 6) is 1.81. The number of hydrogen-bond acceptors (Lipinski definition) is 4. The Morgan fingerprint density at radius 1 is 1.10 bits per heavy atom. The average Bonchev–Trinajstić information content (AvgIpc) is 2.39. The summed E-state index contributed by atoms with van der Waals surface area (Å²) in [6, 6.07) is 9.89. The zero-order chi connectivity index (χ0) is 15.6. The van der Waals surface area contributed by atoms with E-state index in [2.05, 4.69) is 15.9 Å². The number of rotatable bonds is 4. The van der Waals surface area contributed by atoms with E-state index < -0.39 is 9.05 Å². The van der Waals surface area contributed by atoms with Crippen LogP contribution in [0, 0.1) is 6.92 Å². The van der Waals surface area contributed by atoms with Gasteiger partial charge >= 0.3 is 0 Å². The molecule has 0 amide bonds. The van der Waals surface area contributed by atoms with Gasteiger partial charge in [-0.25, -0.2) is 8.42 Å². The van der Waals surface area contributed by atoms with Crippen molar-refractivity contribution in [1.29, 1.82) is 0 Å². The lowest BCUT2D eigenvalue weighted by atomic mass is 10.2. The van der Waals surface area contributed by atoms with Crippen LogP contribution in [0.1, 0.15) is 5.56 Å². The minimum absolute atomic E-state index is 0.0744. The van der Waals surface area contributed by atoms with E-state index in [1.807, 2.05) is 0 Å². The molecule has 0 aliphatic carbocycles. The van der Waals surface area contributed by atoms with Gasteiger partial charge in [0, 0.05) is 10.7 Å². The average molecular weight is 392 g/mol. The predicted molar refractivity (Wildman–Crippen MR) is 85.0 cm³/mol. The van der Waals surface area contributed by atoms with Crippen molar-refractivity contribution in [3.8, 4) is 17.2 Å². The molecular formula is C14H12BrClO4S. The highest BCUT2D eigenvalue weighted by atomic mass is 79.9. The highest BCUT2D eigenvalue weighted by molar-refractivity contribution is 9.10. The Morgan fingerprint density at radius 3 is 2.29 bits per heavy atom. The summed E-state index contributed by atoms with van der Waals surface area (Å²) in [7, 11) is 3.18. The molecule has 0 fully saturated rings. The summed E-state index contributed by atoms with van der Waals surface area (Å²) in [4.78, 5) is 0.0744. The van der Waals surface area contributed by atoms with Gasteiger partial charge in [-0.05, 0) is 64.8 Å². The molecule has 0 saturated heterocycles. The van der Waals surface area contributed by atoms with E-state index in [9.17, 15) is 8.42 Å². The van der Waals surface area contributed by atoms with Gasteiger partial charge in [0.15, 0.2) is 0 Å². The third kappa shape index (κ3) is 3.90. The molecule has 0 aliphatic heterocycles. The minimum atomic E-state index is -3.75. The van der Waals surface area contributed by atoms with Gasteiger partial charge in [0.25, 0.3) is 9.05 Å². The molecule has 0 spiro atoms. The highest BCUT2D eigenvalue weighted by Gasteiger charge is 2.14. The molecule has 0 unspecified atom stereocenters. The number of methoxy groups -OCH3 is 1. The maximum Gasteiger partial charge on any atom is 0.261 e. The topological polar surface area (TPSA) is 52.6 Å². The maximum atomic E-state index is 11.4. The van der Waals surface area contributed by atoms with Crippen LogP contribution in [0.25, 0.3) is 0 Å². The summed E-state index contributed by atoms with van der Waals surface area (Å²) < 4.78 is 34.3. The van der Waals surface area contributed by atoms with E-state index in [1.165, 1.54) is 6.07 Å². The molecule has 4 nitrogen and oxygen atoms in total. The summed E-state index contributed by atoms with van der Waals surface area (Å²) >= 11 is 3.39. The van der Waals surface area contributed by atoms with Gasteiger partial charge in [-0.3, -0.25) is 0 Å². The van der Waals surface area contributed by atoms with Crippen molar-refractivity contribution in [1.82, 2.24) is 0 Å². The third-order valence-electron chi connectivity index (χ3n) is 2.78. The molecule has 0 N–H and O–H groups in total. The molecule has 0 aliphatic rings. The maximum absolute atomic E-state index is 11.4. The Balaban J connectivity index is 2.31. The van der Waals surface area contributed by atoms with Gasteiger partial charge in [0.2, 0.25) is 0 Å². The van der Waals surface area contributed by atoms with Gasteiger partial charge in [-0.1, -0.05) is 0 Å². The van der Waals surface area contributed by atoms with Crippen molar-refractivity contribution in [3.05, 3.63) is 46.4 Å². The number of aryl methyl sites for hydroxylation is 1. The molecule has 2 aromatic carbocycles. The largest absolute Gasteiger partial charge is 0.497 e. The monoisotopic (exact) mass is 390 g/mol. The Bertz CT molecular complexity index is 775. The van der Waals surface area contributed by atoms with Gasteiger partial charge in [-0.15, -0.1) is 0 Å². The SMILES string of the molecule is COc1ccc(Oc2ccc(S(=O)(=O)Cl)c(C)c2)c(Br)c1. The van der Waals surface area contributed by atoms with E-state index in [4.69, 9.17) is 20.2 Å². The first-order chi connectivity index (χ1) is 9.81. The lowest BCUT2D eigenvalue weighted by Crippen LogP contribution is -1.95. The van der Waals surface area contributed by atoms with E-state index in [-0.39, 0.29) is 4.90 Å². The van der Waals surface area contributed by atoms with Crippen molar-refractivity contribution in [2.24, 2.45) is 0 Å². The van der Waals surface area contributed by atoms with Crippen molar-refractivity contribution >= 4 is 35.7 Å². The van der Waals surface area contributed by atoms with Crippen LogP contribution < -0.4 is 9.47 Å². The van der Waals surface area contributed by atoms with Crippen LogP contribution in [0.15, 0.2) is 45.8 Å². The zero-order valence-electron chi connectivity index (χ0n) is 11.3. The fraction of sp³-hybridized carbons (Fsp3) is 0.143. The lowest BCUT2D eigenvalue weighted by molar-refractivity contribution is 0.412. The predicted octanol–water partition coefficient (Wildman–Crippen LogP) is 4.49. The highest BCUT2D eigenvalue weighted by Crippen LogP contribution is 2.34. The smallest absolute Gasteiger partial charge is 0.261 e. The number of hydrogen-bond donors (Lipinski definition) is 0. The van der Waals surface area contributed by atoms with E-state index >= 15 is 0 Å². The first kappa shape index (κ1) is 16.1. The van der Waals surface area contributed by atoms with Crippen LogP contribution in [-0.4, -0.2) is 15.5 Å². The standard InChI is InChI=1S/C14H12BrClO4S/c1-9-7-11(4-6-14(9)21(16,17)18)20-13-5-3-10(19-2)8-12(13)15/h3-8H,1-2H3. The molecule has 0 atom stereocenters. The van der Waals surface area contributed by atoms with Crippen molar-refractivity contribution < 1.29 is 17.9 Å². The first-order valence-electron chi connectivity index (χ1n) is 5.88. The third-order valence-corrected chi connectivity index (χ3v) is 4.88. The van der Waals surface area contributed by atoms with Crippen LogP contribution in [-0.2, 0) is 9.05 Å².